The standard InChI is InChI=1S/C101H62N6O2/c102-61-63-20-17-29-68(48-63)70-40-42-76-52-72-26-8-11-33-82(72)83-34-12-9-27-73(83)53-77-43-41-74(57-96(77)108-95(76)55-70)92-59-91(66-22-3-1-4-23-66)104-100(106-92)78-31-18-30-69(51-78)79-49-64(62-103)50-80(54-79)71-44-46-89-97(56-71)109-98-58-75(45-47-90(98)101(89)87-38-15-13-35-84(87)85-36-14-16-39-88(85)101)93-60-94(107-99(105-93)67-24-5-2-6-25-67)86-37-19-28-65-21-7-10-32-81(65)86/h1-51,54-60H,52-53H2. The lowest BCUT2D eigenvalue weighted by Gasteiger charge is -2.39. The largest absolute Gasteiger partial charge is 0.457 e. The van der Waals surface area contributed by atoms with E-state index in [1.54, 1.807) is 0 Å². The summed E-state index contributed by atoms with van der Waals surface area (Å²) in [6.45, 7) is 0. The van der Waals surface area contributed by atoms with Gasteiger partial charge in [-0.25, -0.2) is 19.9 Å². The topological polar surface area (TPSA) is 118 Å². The van der Waals surface area contributed by atoms with Gasteiger partial charge in [0.15, 0.2) is 11.6 Å². The molecule has 0 fully saturated rings. The Hall–Kier alpha value is -14.7. The van der Waals surface area contributed by atoms with E-state index in [-0.39, 0.29) is 0 Å². The van der Waals surface area contributed by atoms with Gasteiger partial charge in [0.1, 0.15) is 23.0 Å². The Bertz CT molecular complexity index is 6620. The lowest BCUT2D eigenvalue weighted by atomic mass is 9.66. The number of rotatable bonds is 9. The van der Waals surface area contributed by atoms with Crippen molar-refractivity contribution in [3.8, 4) is 159 Å². The Labute approximate surface area is 631 Å². The molecule has 0 bridgehead atoms. The summed E-state index contributed by atoms with van der Waals surface area (Å²) in [5, 5.41) is 23.2. The van der Waals surface area contributed by atoms with Crippen molar-refractivity contribution in [2.24, 2.45) is 0 Å². The summed E-state index contributed by atoms with van der Waals surface area (Å²) in [5.74, 6) is 4.03. The molecule has 0 amide bonds. The van der Waals surface area contributed by atoms with Gasteiger partial charge < -0.3 is 9.47 Å². The van der Waals surface area contributed by atoms with Gasteiger partial charge in [-0.05, 0) is 173 Å². The molecule has 0 saturated heterocycles. The van der Waals surface area contributed by atoms with Gasteiger partial charge in [0, 0.05) is 57.3 Å². The van der Waals surface area contributed by atoms with Crippen LogP contribution in [0, 0.1) is 22.7 Å². The number of fused-ring (bicyclic) bond motifs is 15. The minimum Gasteiger partial charge on any atom is -0.457 e. The highest BCUT2D eigenvalue weighted by molar-refractivity contribution is 5.97. The highest BCUT2D eigenvalue weighted by Crippen LogP contribution is 2.63. The maximum Gasteiger partial charge on any atom is 0.160 e. The SMILES string of the molecule is N#Cc1cccc(-c2ccc3c(c2)Oc2cc(-c4cc(-c5ccccc5)nc(-c5cccc(-c6cc(C#N)cc(-c7ccc8c(c7)Oc7cc(-c9cc(-c%10cccc%11ccccc%10%11)nc(-c%10ccccc%10)n9)ccc7C87c8ccccc8-c8ccccc87)c6)c5)n4)ccc2Cc2ccccc2-c2ccccc2C3)c1. The number of hydrogen-bond acceptors (Lipinski definition) is 8. The van der Waals surface area contributed by atoms with Crippen LogP contribution in [-0.4, -0.2) is 19.9 Å². The van der Waals surface area contributed by atoms with E-state index in [0.29, 0.717) is 47.1 Å². The number of aromatic nitrogens is 4. The van der Waals surface area contributed by atoms with Crippen LogP contribution in [0.1, 0.15) is 55.6 Å². The zero-order valence-electron chi connectivity index (χ0n) is 58.9. The summed E-state index contributed by atoms with van der Waals surface area (Å²) in [7, 11) is 0. The minimum atomic E-state index is -0.751. The molecular weight excluding hydrogens is 1330 g/mol. The highest BCUT2D eigenvalue weighted by atomic mass is 16.5. The second-order valence-electron chi connectivity index (χ2n) is 28.1. The second-order valence-corrected chi connectivity index (χ2v) is 28.1. The van der Waals surface area contributed by atoms with Crippen molar-refractivity contribution in [2.45, 2.75) is 18.3 Å². The van der Waals surface area contributed by atoms with Gasteiger partial charge in [-0.3, -0.25) is 0 Å². The number of ether oxygens (including phenoxy) is 2. The summed E-state index contributed by atoms with van der Waals surface area (Å²) >= 11 is 0. The molecule has 109 heavy (non-hydrogen) atoms. The smallest absolute Gasteiger partial charge is 0.160 e. The molecule has 0 N–H and O–H groups in total. The van der Waals surface area contributed by atoms with Gasteiger partial charge in [-0.15, -0.1) is 0 Å². The molecule has 0 saturated carbocycles. The average Bonchev–Trinajstić information content (AvgIpc) is 1.54. The van der Waals surface area contributed by atoms with Crippen molar-refractivity contribution in [2.75, 3.05) is 0 Å². The molecule has 2 aliphatic heterocycles. The van der Waals surface area contributed by atoms with E-state index in [1.807, 2.05) is 78.9 Å². The van der Waals surface area contributed by atoms with Crippen LogP contribution in [0.5, 0.6) is 23.0 Å². The minimum absolute atomic E-state index is 0.511. The molecule has 508 valence electrons. The van der Waals surface area contributed by atoms with Crippen LogP contribution in [0.15, 0.2) is 352 Å². The highest BCUT2D eigenvalue weighted by Gasteiger charge is 2.51. The van der Waals surface area contributed by atoms with Crippen molar-refractivity contribution in [1.82, 2.24) is 19.9 Å². The molecule has 17 aromatic rings. The first-order valence-corrected chi connectivity index (χ1v) is 36.7. The van der Waals surface area contributed by atoms with Crippen LogP contribution in [0.4, 0.5) is 0 Å². The summed E-state index contributed by atoms with van der Waals surface area (Å²) in [4.78, 5) is 21.4. The maximum absolute atomic E-state index is 11.0. The lowest BCUT2D eigenvalue weighted by Crippen LogP contribution is -2.32. The Morgan fingerprint density at radius 1 is 0.248 bits per heavy atom. The fourth-order valence-corrected chi connectivity index (χ4v) is 16.6. The monoisotopic (exact) mass is 1390 g/mol. The summed E-state index contributed by atoms with van der Waals surface area (Å²) in [6, 6.07) is 127. The second kappa shape index (κ2) is 26.5. The summed E-state index contributed by atoms with van der Waals surface area (Å²) in [5.41, 5.74) is 27.8. The summed E-state index contributed by atoms with van der Waals surface area (Å²) < 4.78 is 14.7. The average molecular weight is 1390 g/mol. The van der Waals surface area contributed by atoms with Crippen LogP contribution in [0.3, 0.4) is 0 Å². The van der Waals surface area contributed by atoms with E-state index in [9.17, 15) is 10.5 Å². The van der Waals surface area contributed by atoms with Gasteiger partial charge in [0.2, 0.25) is 0 Å². The molecule has 0 radical (unpaired) electrons. The Morgan fingerprint density at radius 3 is 1.31 bits per heavy atom. The lowest BCUT2D eigenvalue weighted by molar-refractivity contribution is 0.437. The quantitative estimate of drug-likeness (QED) is 0.140. The number of benzene rings is 15. The molecule has 15 aromatic carbocycles. The molecule has 8 heteroatoms. The Balaban J connectivity index is 0.691. The number of nitriles is 2. The van der Waals surface area contributed by atoms with E-state index in [4.69, 9.17) is 29.4 Å². The third kappa shape index (κ3) is 11.3. The first-order chi connectivity index (χ1) is 53.8. The van der Waals surface area contributed by atoms with E-state index in [0.717, 1.165) is 134 Å². The van der Waals surface area contributed by atoms with Crippen LogP contribution in [-0.2, 0) is 18.3 Å². The molecule has 0 atom stereocenters. The molecule has 8 nitrogen and oxygen atoms in total. The first kappa shape index (κ1) is 63.9. The maximum atomic E-state index is 11.0. The van der Waals surface area contributed by atoms with Crippen LogP contribution >= 0.6 is 0 Å². The third-order valence-electron chi connectivity index (χ3n) is 21.8. The predicted molar refractivity (Wildman–Crippen MR) is 435 cm³/mol. The molecule has 4 heterocycles. The van der Waals surface area contributed by atoms with Gasteiger partial charge in [-0.1, -0.05) is 279 Å². The number of hydrogen-bond donors (Lipinski definition) is 0. The molecule has 3 aliphatic rings. The van der Waals surface area contributed by atoms with Crippen molar-refractivity contribution < 1.29 is 9.47 Å². The normalized spacial score (nSPS) is 12.5. The fourth-order valence-electron chi connectivity index (χ4n) is 16.6. The Kier molecular flexibility index (Phi) is 15.5. The van der Waals surface area contributed by atoms with Gasteiger partial charge in [-0.2, -0.15) is 10.5 Å². The fraction of sp³-hybridized carbons (Fsp3) is 0.0297. The van der Waals surface area contributed by atoms with Crippen LogP contribution in [0.25, 0.3) is 134 Å². The molecule has 20 rings (SSSR count). The predicted octanol–water partition coefficient (Wildman–Crippen LogP) is 24.6. The van der Waals surface area contributed by atoms with Crippen molar-refractivity contribution >= 4 is 10.8 Å². The molecule has 0 unspecified atom stereocenters. The molecule has 1 aliphatic carbocycles. The van der Waals surface area contributed by atoms with Crippen molar-refractivity contribution in [3.63, 3.8) is 0 Å². The van der Waals surface area contributed by atoms with E-state index >= 15 is 0 Å². The van der Waals surface area contributed by atoms with Gasteiger partial charge >= 0.3 is 0 Å². The summed E-state index contributed by atoms with van der Waals surface area (Å²) in [6.07, 6.45) is 1.25. The number of nitrogens with zero attached hydrogens (tertiary/aromatic N) is 6. The van der Waals surface area contributed by atoms with Crippen LogP contribution in [0.2, 0.25) is 0 Å². The molecular formula is C101H62N6O2. The zero-order chi connectivity index (χ0) is 72.5. The van der Waals surface area contributed by atoms with Crippen molar-refractivity contribution in [1.29, 1.82) is 10.5 Å². The Morgan fingerprint density at radius 2 is 0.651 bits per heavy atom. The van der Waals surface area contributed by atoms with Gasteiger partial charge in [0.05, 0.1) is 51.5 Å². The molecule has 1 spiro atoms. The molecule has 2 aromatic heterocycles. The van der Waals surface area contributed by atoms with E-state index in [2.05, 4.69) is 285 Å². The van der Waals surface area contributed by atoms with Gasteiger partial charge in [0.25, 0.3) is 0 Å². The van der Waals surface area contributed by atoms with Crippen molar-refractivity contribution in [3.05, 3.63) is 407 Å². The van der Waals surface area contributed by atoms with Crippen LogP contribution < -0.4 is 9.47 Å². The van der Waals surface area contributed by atoms with E-state index < -0.39 is 5.41 Å². The first-order valence-electron chi connectivity index (χ1n) is 36.7. The van der Waals surface area contributed by atoms with E-state index in [1.165, 1.54) is 44.5 Å². The zero-order valence-corrected chi connectivity index (χ0v) is 58.9. The third-order valence-corrected chi connectivity index (χ3v) is 21.8.